The molecule has 0 saturated heterocycles. The smallest absolute Gasteiger partial charge is 0.303 e. The first kappa shape index (κ1) is 91.8. The number of hydrogen-bond donors (Lipinski definition) is 16. The number of para-hydroxylation sites is 1. The van der Waals surface area contributed by atoms with Crippen LogP contribution in [-0.4, -0.2) is 181 Å². The maximum absolute atomic E-state index is 15.2. The van der Waals surface area contributed by atoms with Gasteiger partial charge in [-0.3, -0.25) is 67.1 Å². The second kappa shape index (κ2) is 44.3. The van der Waals surface area contributed by atoms with E-state index >= 15 is 9.59 Å². The van der Waals surface area contributed by atoms with E-state index in [0.717, 1.165) is 12.1 Å². The van der Waals surface area contributed by atoms with Crippen molar-refractivity contribution in [2.75, 3.05) is 13.2 Å². The SMILES string of the molecule is CC(=O)C[C@@H](Cc1ccc(F)c(F)c1)C(=O)N[C@]1(C)CCCCCC/C=C/CCC[C@@](C)(C(=O)N[C@@H](CO)C(=O)NC(C)C(=O)N[C@@H](C)C(N)=O)NC(=O)[C@H](CCC(C)C)CN[C@@H](CCC(N)=O)C(=O)C(=O)[C@H](C)NC(=O)[C@H](Cc2c[nH]c3ccccc23)NC(=O)C(Cc2ccc(O)cc2)NC(=O)[C@H](CCC(=O)O)NC1=O. The first-order chi connectivity index (χ1) is 52.8. The molecule has 5 rings (SSSR count). The molecule has 0 saturated carbocycles. The number of aromatic nitrogens is 1. The van der Waals surface area contributed by atoms with E-state index < -0.39 is 210 Å². The Balaban J connectivity index is 1.62. The number of hydrogen-bond acceptors (Lipinski definition) is 18. The normalized spacial score (nSPS) is 22.9. The topological polar surface area (TPSA) is 505 Å². The molecular weight excluding hydrogens is 1460 g/mol. The van der Waals surface area contributed by atoms with Crippen LogP contribution in [0.25, 0.3) is 10.9 Å². The summed E-state index contributed by atoms with van der Waals surface area (Å²) in [6.07, 6.45) is 4.82. The summed E-state index contributed by atoms with van der Waals surface area (Å²) in [6, 6.07) is 2.84. The molecular formula is C79H109F2N13O18. The van der Waals surface area contributed by atoms with Crippen LogP contribution in [0.3, 0.4) is 0 Å². The number of benzene rings is 3. The molecule has 2 heterocycles. The summed E-state index contributed by atoms with van der Waals surface area (Å²) < 4.78 is 28.7. The first-order valence-electron chi connectivity index (χ1n) is 37.7. The molecule has 0 spiro atoms. The number of H-pyrrole nitrogens is 1. The number of primary amides is 2. The number of phenols is 1. The fraction of sp³-hybridized carbons (Fsp3) is 0.532. The Morgan fingerprint density at radius 1 is 0.643 bits per heavy atom. The minimum Gasteiger partial charge on any atom is -0.508 e. The monoisotopic (exact) mass is 1570 g/mol. The van der Waals surface area contributed by atoms with Gasteiger partial charge < -0.3 is 89.7 Å². The Kier molecular flexibility index (Phi) is 36.3. The predicted molar refractivity (Wildman–Crippen MR) is 408 cm³/mol. The zero-order chi connectivity index (χ0) is 83.2. The first-order valence-corrected chi connectivity index (χ1v) is 37.7. The molecule has 11 amide bonds. The summed E-state index contributed by atoms with van der Waals surface area (Å²) in [5.41, 5.74) is 8.58. The maximum Gasteiger partial charge on any atom is 0.303 e. The number of carboxylic acid groups (broad SMARTS) is 1. The zero-order valence-electron chi connectivity index (χ0n) is 64.7. The summed E-state index contributed by atoms with van der Waals surface area (Å²) in [5.74, 6) is -19.5. The van der Waals surface area contributed by atoms with Crippen LogP contribution in [0.4, 0.5) is 8.78 Å². The van der Waals surface area contributed by atoms with E-state index in [1.54, 1.807) is 30.5 Å². The van der Waals surface area contributed by atoms with E-state index in [2.05, 4.69) is 58.2 Å². The van der Waals surface area contributed by atoms with E-state index in [9.17, 15) is 86.4 Å². The number of fused-ring (bicyclic) bond motifs is 1. The van der Waals surface area contributed by atoms with E-state index in [4.69, 9.17) is 11.5 Å². The lowest BCUT2D eigenvalue weighted by Gasteiger charge is -2.33. The molecule has 612 valence electrons. The van der Waals surface area contributed by atoms with Crippen LogP contribution in [0, 0.1) is 29.4 Å². The molecule has 0 bridgehead atoms. The minimum absolute atomic E-state index is 0.0111. The van der Waals surface area contributed by atoms with Crippen molar-refractivity contribution in [3.8, 4) is 5.75 Å². The van der Waals surface area contributed by atoms with Gasteiger partial charge >= 0.3 is 5.97 Å². The molecule has 2 unspecified atom stereocenters. The van der Waals surface area contributed by atoms with Gasteiger partial charge in [-0.2, -0.15) is 0 Å². The molecule has 4 aromatic rings. The van der Waals surface area contributed by atoms with Gasteiger partial charge in [-0.1, -0.05) is 88.1 Å². The van der Waals surface area contributed by atoms with Gasteiger partial charge in [0.2, 0.25) is 76.5 Å². The number of halogens is 2. The molecule has 0 aliphatic carbocycles. The van der Waals surface area contributed by atoms with Crippen molar-refractivity contribution in [3.05, 3.63) is 113 Å². The number of nitrogens with one attached hydrogen (secondary N) is 11. The van der Waals surface area contributed by atoms with Crippen LogP contribution in [-0.2, 0) is 91.2 Å². The lowest BCUT2D eigenvalue weighted by atomic mass is 9.88. The van der Waals surface area contributed by atoms with Crippen molar-refractivity contribution in [2.45, 2.75) is 237 Å². The number of aromatic hydroxyl groups is 1. The number of aliphatic carboxylic acids is 1. The average molecular weight is 1570 g/mol. The van der Waals surface area contributed by atoms with Crippen molar-refractivity contribution in [1.29, 1.82) is 0 Å². The third-order valence-corrected chi connectivity index (χ3v) is 19.6. The average Bonchev–Trinajstić information content (AvgIpc) is 1.32. The third kappa shape index (κ3) is 29.4. The molecule has 33 heteroatoms. The van der Waals surface area contributed by atoms with E-state index in [1.165, 1.54) is 71.9 Å². The van der Waals surface area contributed by atoms with Gasteiger partial charge in [0.15, 0.2) is 11.6 Å². The number of nitrogens with two attached hydrogens (primary N) is 2. The minimum atomic E-state index is -1.97. The number of phenolic OH excluding ortho intramolecular Hbond substituents is 1. The molecule has 3 aromatic carbocycles. The van der Waals surface area contributed by atoms with Crippen LogP contribution >= 0.6 is 0 Å². The van der Waals surface area contributed by atoms with Crippen molar-refractivity contribution in [3.63, 3.8) is 0 Å². The highest BCUT2D eigenvalue weighted by Crippen LogP contribution is 2.26. The number of rotatable bonds is 27. The number of carbonyl (C=O) groups is 15. The highest BCUT2D eigenvalue weighted by atomic mass is 19.2. The van der Waals surface area contributed by atoms with Crippen molar-refractivity contribution in [2.24, 2.45) is 29.2 Å². The van der Waals surface area contributed by atoms with E-state index in [0.29, 0.717) is 60.6 Å². The summed E-state index contributed by atoms with van der Waals surface area (Å²) in [4.78, 5) is 212. The fourth-order valence-corrected chi connectivity index (χ4v) is 12.7. The number of aliphatic hydroxyl groups excluding tert-OH is 1. The predicted octanol–water partition coefficient (Wildman–Crippen LogP) is 2.82. The highest BCUT2D eigenvalue weighted by Gasteiger charge is 2.42. The lowest BCUT2D eigenvalue weighted by Crippen LogP contribution is -2.63. The quantitative estimate of drug-likeness (QED) is 0.0301. The summed E-state index contributed by atoms with van der Waals surface area (Å²) >= 11 is 0. The Hall–Kier alpha value is -10.8. The lowest BCUT2D eigenvalue weighted by molar-refractivity contribution is -0.140. The summed E-state index contributed by atoms with van der Waals surface area (Å²) in [6.45, 7) is 10.2. The second-order valence-electron chi connectivity index (χ2n) is 29.7. The molecule has 0 fully saturated rings. The molecule has 18 N–H and O–H groups in total. The molecule has 1 aliphatic heterocycles. The van der Waals surface area contributed by atoms with Crippen molar-refractivity contribution < 1.29 is 96.0 Å². The Bertz CT molecular complexity index is 4040. The highest BCUT2D eigenvalue weighted by molar-refractivity contribution is 6.41. The summed E-state index contributed by atoms with van der Waals surface area (Å²) in [5, 5.41) is 57.6. The molecule has 112 heavy (non-hydrogen) atoms. The van der Waals surface area contributed by atoms with Crippen LogP contribution in [0.15, 0.2) is 85.1 Å². The number of aromatic amines is 1. The van der Waals surface area contributed by atoms with Gasteiger partial charge in [0.05, 0.1) is 24.6 Å². The number of carbonyl (C=O) groups excluding carboxylic acids is 14. The molecule has 31 nitrogen and oxygen atoms in total. The fourth-order valence-electron chi connectivity index (χ4n) is 12.7. The number of Topliss-reactive ketones (excluding diaryl/α,β-unsaturated/α-hetero) is 3. The largest absolute Gasteiger partial charge is 0.508 e. The number of allylic oxidation sites excluding steroid dienone is 2. The Labute approximate surface area is 649 Å². The van der Waals surface area contributed by atoms with Gasteiger partial charge in [0.25, 0.3) is 0 Å². The molecule has 12 atom stereocenters. The molecule has 1 aliphatic rings. The summed E-state index contributed by atoms with van der Waals surface area (Å²) in [7, 11) is 0. The van der Waals surface area contributed by atoms with Gasteiger partial charge in [-0.05, 0) is 159 Å². The van der Waals surface area contributed by atoms with Gasteiger partial charge in [-0.25, -0.2) is 8.78 Å². The van der Waals surface area contributed by atoms with Crippen molar-refractivity contribution in [1.82, 2.24) is 58.2 Å². The number of ketones is 3. The van der Waals surface area contributed by atoms with E-state index in [1.807, 2.05) is 26.0 Å². The van der Waals surface area contributed by atoms with Gasteiger partial charge in [0, 0.05) is 61.7 Å². The molecule has 0 radical (unpaired) electrons. The van der Waals surface area contributed by atoms with Gasteiger partial charge in [-0.15, -0.1) is 0 Å². The maximum atomic E-state index is 15.2. The van der Waals surface area contributed by atoms with Crippen LogP contribution in [0.5, 0.6) is 5.75 Å². The molecule has 1 aromatic heterocycles. The van der Waals surface area contributed by atoms with Gasteiger partial charge in [0.1, 0.15) is 58.9 Å². The second-order valence-corrected chi connectivity index (χ2v) is 29.7. The Morgan fingerprint density at radius 3 is 1.89 bits per heavy atom. The Morgan fingerprint density at radius 2 is 1.26 bits per heavy atom. The van der Waals surface area contributed by atoms with Crippen LogP contribution in [0.2, 0.25) is 0 Å². The van der Waals surface area contributed by atoms with Crippen LogP contribution in [0.1, 0.15) is 175 Å². The van der Waals surface area contributed by atoms with Crippen molar-refractivity contribution >= 4 is 99.2 Å². The number of amides is 11. The number of aliphatic hydroxyl groups is 1. The third-order valence-electron chi connectivity index (χ3n) is 19.6. The van der Waals surface area contributed by atoms with E-state index in [-0.39, 0.29) is 75.1 Å². The standard InChI is InChI=1S/C79H109F2N13O18/c1-44(2)22-26-51-41-85-59(30-32-64(82)98)67(102)66(101)46(4)86-73(108)62(40-53-42-84-58-21-17-16-20-55(53)58)90-74(109)61(39-49-23-27-54(97)28-24-49)89-72(107)60(31-33-65(99)100)91-76(111)78(7,94-71(106)52(36-45(3)96)37-50-25-29-56(80)57(81)38-50)34-18-14-12-10-9-11-13-15-19-35-79(8,93-70(51)105)77(112)92-63(43-95)75(110)88-48(6)69(104)87-47(5)68(83)103/h11,13,16-17,20-21,23-25,27-29,38,42,44,46-48,51-52,59-63,84-85,95,97H,9-10,12,14-15,18-19,22,26,30-37,39-41,43H2,1-8H3,(H2,82,98)(H2,83,103)(H,86,108)(H,87,104)(H,88,110)(H,89,107)(H,90,109)(H,91,111)(H,92,112)(H,93,105)(H,94,106)(H,99,100)/b13-11+/t46-,47-,48?,51+,52-,59-,60-,61?,62-,63-,78+,79-/m0/s1. The van der Waals surface area contributed by atoms with Crippen LogP contribution < -0.4 is 64.6 Å². The number of carboxylic acids is 1. The zero-order valence-corrected chi connectivity index (χ0v) is 64.7.